The van der Waals surface area contributed by atoms with Crippen LogP contribution >= 0.6 is 0 Å². The number of piperazine rings is 1. The quantitative estimate of drug-likeness (QED) is 0.383. The number of nitriles is 1. The largest absolute Gasteiger partial charge is 0.462 e. The molecule has 0 aliphatic carbocycles. The lowest BCUT2D eigenvalue weighted by Crippen LogP contribution is -2.55. The Balaban J connectivity index is 1.36. The van der Waals surface area contributed by atoms with E-state index in [0.29, 0.717) is 44.7 Å². The second-order valence-electron chi connectivity index (χ2n) is 11.5. The zero-order valence-electron chi connectivity index (χ0n) is 24.4. The lowest BCUT2D eigenvalue weighted by molar-refractivity contribution is -0.128. The van der Waals surface area contributed by atoms with Crippen LogP contribution in [-0.2, 0) is 16.0 Å². The summed E-state index contributed by atoms with van der Waals surface area (Å²) >= 11 is 0. The highest BCUT2D eigenvalue weighted by Crippen LogP contribution is 2.43. The van der Waals surface area contributed by atoms with Crippen molar-refractivity contribution < 1.29 is 14.3 Å². The summed E-state index contributed by atoms with van der Waals surface area (Å²) in [6.45, 7) is 8.86. The Morgan fingerprint density at radius 1 is 1.17 bits per heavy atom. The monoisotopic (exact) mass is 566 g/mol. The lowest BCUT2D eigenvalue weighted by atomic mass is 9.92. The second kappa shape index (κ2) is 12.1. The van der Waals surface area contributed by atoms with Gasteiger partial charge in [0.15, 0.2) is 0 Å². The Hall–Kier alpha value is -4.00. The van der Waals surface area contributed by atoms with Crippen molar-refractivity contribution in [2.45, 2.75) is 56.9 Å². The van der Waals surface area contributed by atoms with E-state index in [1.807, 2.05) is 0 Å². The number of carbonyl (C=O) groups excluding carboxylic acids is 1. The molecule has 0 N–H and O–H groups in total. The highest BCUT2D eigenvalue weighted by molar-refractivity contribution is 5.87. The normalized spacial score (nSPS) is 24.3. The number of aromatic nitrogens is 2. The van der Waals surface area contributed by atoms with Crippen molar-refractivity contribution in [2.75, 3.05) is 44.7 Å². The highest BCUT2D eigenvalue weighted by Gasteiger charge is 2.37. The van der Waals surface area contributed by atoms with Gasteiger partial charge in [-0.15, -0.1) is 0 Å². The molecule has 1 amide bonds. The van der Waals surface area contributed by atoms with Crippen molar-refractivity contribution in [2.24, 2.45) is 0 Å². The first-order valence-electron chi connectivity index (χ1n) is 14.9. The first-order chi connectivity index (χ1) is 20.5. The van der Waals surface area contributed by atoms with Crippen LogP contribution in [0.3, 0.4) is 0 Å². The Morgan fingerprint density at radius 3 is 2.79 bits per heavy atom. The van der Waals surface area contributed by atoms with Crippen molar-refractivity contribution in [3.63, 3.8) is 0 Å². The summed E-state index contributed by atoms with van der Waals surface area (Å²) in [6.07, 6.45) is 3.99. The summed E-state index contributed by atoms with van der Waals surface area (Å²) in [4.78, 5) is 28.7. The minimum absolute atomic E-state index is 0.154. The van der Waals surface area contributed by atoms with Crippen LogP contribution in [0, 0.1) is 11.3 Å². The second-order valence-corrected chi connectivity index (χ2v) is 11.5. The number of anilines is 1. The molecule has 2 unspecified atom stereocenters. The molecule has 4 atom stereocenters. The third-order valence-corrected chi connectivity index (χ3v) is 8.95. The predicted molar refractivity (Wildman–Crippen MR) is 161 cm³/mol. The van der Waals surface area contributed by atoms with E-state index >= 15 is 0 Å². The van der Waals surface area contributed by atoms with Gasteiger partial charge < -0.3 is 24.2 Å². The van der Waals surface area contributed by atoms with Crippen molar-refractivity contribution in [1.29, 1.82) is 5.26 Å². The summed E-state index contributed by atoms with van der Waals surface area (Å²) in [7, 11) is 2.13. The molecule has 218 valence electrons. The van der Waals surface area contributed by atoms with Gasteiger partial charge in [0.1, 0.15) is 12.4 Å². The van der Waals surface area contributed by atoms with Gasteiger partial charge >= 0.3 is 6.01 Å². The number of hydrogen-bond acceptors (Lipinski definition) is 8. The molecule has 2 saturated heterocycles. The van der Waals surface area contributed by atoms with Gasteiger partial charge in [0.25, 0.3) is 0 Å². The molecule has 9 heteroatoms. The van der Waals surface area contributed by atoms with E-state index in [4.69, 9.17) is 19.4 Å². The molecule has 0 spiro atoms. The minimum Gasteiger partial charge on any atom is -0.462 e. The van der Waals surface area contributed by atoms with Crippen LogP contribution in [0.25, 0.3) is 10.8 Å². The molecule has 0 bridgehead atoms. The molecule has 2 aromatic carbocycles. The summed E-state index contributed by atoms with van der Waals surface area (Å²) in [5.74, 6) is 0.617. The zero-order chi connectivity index (χ0) is 29.2. The third kappa shape index (κ3) is 5.44. The Labute approximate surface area is 247 Å². The van der Waals surface area contributed by atoms with E-state index in [1.54, 1.807) is 4.90 Å². The number of rotatable bonds is 7. The van der Waals surface area contributed by atoms with Crippen molar-refractivity contribution in [1.82, 2.24) is 19.8 Å². The number of amides is 1. The molecule has 0 radical (unpaired) electrons. The Morgan fingerprint density at radius 2 is 2.00 bits per heavy atom. The molecule has 3 aliphatic heterocycles. The number of carbonyl (C=O) groups is 1. The van der Waals surface area contributed by atoms with Gasteiger partial charge in [-0.3, -0.25) is 4.79 Å². The molecular weight excluding hydrogens is 528 g/mol. The average molecular weight is 567 g/mol. The molecule has 3 aromatic rings. The van der Waals surface area contributed by atoms with Gasteiger partial charge in [-0.1, -0.05) is 49.0 Å². The number of hydrogen-bond donors (Lipinski definition) is 0. The molecule has 6 rings (SSSR count). The summed E-state index contributed by atoms with van der Waals surface area (Å²) < 4.78 is 13.0. The fourth-order valence-electron chi connectivity index (χ4n) is 6.71. The van der Waals surface area contributed by atoms with E-state index in [-0.39, 0.29) is 30.6 Å². The first kappa shape index (κ1) is 28.1. The first-order valence-corrected chi connectivity index (χ1v) is 14.9. The van der Waals surface area contributed by atoms with Crippen LogP contribution in [0.15, 0.2) is 55.1 Å². The van der Waals surface area contributed by atoms with Crippen molar-refractivity contribution in [3.05, 3.63) is 71.9 Å². The van der Waals surface area contributed by atoms with E-state index in [9.17, 15) is 10.1 Å². The molecular formula is C33H38N6O3. The van der Waals surface area contributed by atoms with Crippen molar-refractivity contribution >= 4 is 22.5 Å². The standard InChI is InChI=1S/C33H38N6O3/c1-4-30(40)39-18-17-38(20-24(39)14-15-34)32-31-22(2)42-29(27-13-7-10-23-9-5-6-12-26(23)27)19-28(31)35-33(36-32)41-21-25-11-8-16-37(25)3/h4-7,9-10,12-13,22,24-25,29H,1,8,11,14,16-21H2,2-3H3/t22?,24-,25-,29?/m0/s1. The van der Waals surface area contributed by atoms with Gasteiger partial charge in [0.05, 0.1) is 36.4 Å². The maximum absolute atomic E-state index is 12.5. The number of fused-ring (bicyclic) bond motifs is 2. The average Bonchev–Trinajstić information content (AvgIpc) is 3.43. The molecule has 9 nitrogen and oxygen atoms in total. The SMILES string of the molecule is C=CC(=O)N1CCN(c2nc(OC[C@@H]3CCCN3C)nc3c2C(C)OC(c2cccc4ccccc24)C3)C[C@@H]1CC#N. The van der Waals surface area contributed by atoms with Crippen LogP contribution in [0.2, 0.25) is 0 Å². The van der Waals surface area contributed by atoms with Gasteiger partial charge in [-0.05, 0) is 55.8 Å². The fraction of sp³-hybridized carbons (Fsp3) is 0.455. The Kier molecular flexibility index (Phi) is 8.09. The Bertz CT molecular complexity index is 1510. The number of ether oxygens (including phenoxy) is 2. The van der Waals surface area contributed by atoms with E-state index in [2.05, 4.69) is 78.9 Å². The number of benzene rings is 2. The third-order valence-electron chi connectivity index (χ3n) is 8.95. The topological polar surface area (TPSA) is 94.8 Å². The van der Waals surface area contributed by atoms with Gasteiger partial charge in [-0.2, -0.15) is 15.2 Å². The number of nitrogens with zero attached hydrogens (tertiary/aromatic N) is 6. The van der Waals surface area contributed by atoms with Crippen LogP contribution < -0.4 is 9.64 Å². The zero-order valence-corrected chi connectivity index (χ0v) is 24.4. The molecule has 42 heavy (non-hydrogen) atoms. The van der Waals surface area contributed by atoms with Gasteiger partial charge in [0, 0.05) is 37.7 Å². The number of likely N-dealkylation sites (tertiary alicyclic amines) is 1. The molecule has 2 fully saturated rings. The van der Waals surface area contributed by atoms with Gasteiger partial charge in [-0.25, -0.2) is 0 Å². The minimum atomic E-state index is -0.264. The highest BCUT2D eigenvalue weighted by atomic mass is 16.5. The molecule has 4 heterocycles. The van der Waals surface area contributed by atoms with Crippen molar-refractivity contribution in [3.8, 4) is 12.1 Å². The van der Waals surface area contributed by atoms with Crippen LogP contribution in [0.1, 0.15) is 55.2 Å². The fourth-order valence-corrected chi connectivity index (χ4v) is 6.71. The van der Waals surface area contributed by atoms with Gasteiger partial charge in [0.2, 0.25) is 5.91 Å². The predicted octanol–water partition coefficient (Wildman–Crippen LogP) is 4.59. The maximum atomic E-state index is 12.5. The summed E-state index contributed by atoms with van der Waals surface area (Å²) in [5, 5.41) is 11.9. The molecule has 0 saturated carbocycles. The van der Waals surface area contributed by atoms with Crippen LogP contribution in [0.4, 0.5) is 5.82 Å². The number of likely N-dealkylation sites (N-methyl/N-ethyl adjacent to an activating group) is 1. The molecule has 1 aromatic heterocycles. The van der Waals surface area contributed by atoms with Crippen LogP contribution in [0.5, 0.6) is 6.01 Å². The maximum Gasteiger partial charge on any atom is 0.318 e. The summed E-state index contributed by atoms with van der Waals surface area (Å²) in [6, 6.07) is 17.4. The lowest BCUT2D eigenvalue weighted by Gasteiger charge is -2.42. The van der Waals surface area contributed by atoms with Crippen LogP contribution in [-0.4, -0.2) is 77.6 Å². The smallest absolute Gasteiger partial charge is 0.318 e. The van der Waals surface area contributed by atoms with E-state index < -0.39 is 0 Å². The van der Waals surface area contributed by atoms with E-state index in [0.717, 1.165) is 42.0 Å². The summed E-state index contributed by atoms with van der Waals surface area (Å²) in [5.41, 5.74) is 3.02. The van der Waals surface area contributed by atoms with E-state index in [1.165, 1.54) is 16.8 Å². The molecule has 3 aliphatic rings.